The Morgan fingerprint density at radius 3 is 1.92 bits per heavy atom. The predicted molar refractivity (Wildman–Crippen MR) is 92.0 cm³/mol. The third-order valence-corrected chi connectivity index (χ3v) is 3.56. The third-order valence-electron chi connectivity index (χ3n) is 3.56. The molecule has 136 valence electrons. The highest BCUT2D eigenvalue weighted by atomic mass is 16.7. The number of rotatable bonds is 6. The molecule has 0 spiro atoms. The van der Waals surface area contributed by atoms with Crippen LogP contribution in [0.2, 0.25) is 0 Å². The number of terminal acetylenes is 1. The zero-order valence-corrected chi connectivity index (χ0v) is 14.5. The highest BCUT2D eigenvalue weighted by Gasteiger charge is 2.13. The Kier molecular flexibility index (Phi) is 13.5. The van der Waals surface area contributed by atoms with Crippen LogP contribution < -0.4 is 0 Å². The van der Waals surface area contributed by atoms with E-state index >= 15 is 0 Å². The number of aliphatic hydroxyl groups excluding tert-OH is 1. The molecule has 2 heterocycles. The molecule has 2 fully saturated rings. The Morgan fingerprint density at radius 2 is 1.46 bits per heavy atom. The van der Waals surface area contributed by atoms with E-state index in [1.165, 1.54) is 12.8 Å². The molecule has 2 saturated heterocycles. The quantitative estimate of drug-likeness (QED) is 0.595. The van der Waals surface area contributed by atoms with Crippen molar-refractivity contribution >= 4 is 0 Å². The van der Waals surface area contributed by atoms with Crippen molar-refractivity contribution in [2.75, 3.05) is 33.0 Å². The summed E-state index contributed by atoms with van der Waals surface area (Å²) in [6.07, 6.45) is 13.1. The van der Waals surface area contributed by atoms with Crippen molar-refractivity contribution in [3.63, 3.8) is 0 Å². The van der Waals surface area contributed by atoms with E-state index in [0.29, 0.717) is 26.1 Å². The van der Waals surface area contributed by atoms with Crippen molar-refractivity contribution < 1.29 is 24.1 Å². The first-order valence-corrected chi connectivity index (χ1v) is 8.83. The van der Waals surface area contributed by atoms with Gasteiger partial charge in [0.25, 0.3) is 0 Å². The molecule has 24 heavy (non-hydrogen) atoms. The fourth-order valence-corrected chi connectivity index (χ4v) is 2.32. The standard InChI is InChI=1S/C10H16O3.C9H14O2/c11-7-3-1-4-8-12-10-6-2-5-9-13-10;1-2-3-7-10-9-6-4-5-8-11-9/h10-11H,2,4-9H2;1,9H,3-8H2. The minimum atomic E-state index is -0.0695. The lowest BCUT2D eigenvalue weighted by atomic mass is 10.2. The van der Waals surface area contributed by atoms with E-state index in [4.69, 9.17) is 30.5 Å². The minimum absolute atomic E-state index is 0.0112. The molecule has 0 aromatic carbocycles. The van der Waals surface area contributed by atoms with Gasteiger partial charge in [0.2, 0.25) is 0 Å². The minimum Gasteiger partial charge on any atom is -0.384 e. The number of ether oxygens (including phenoxy) is 4. The van der Waals surface area contributed by atoms with Crippen LogP contribution >= 0.6 is 0 Å². The molecule has 0 saturated carbocycles. The Balaban J connectivity index is 0.000000243. The number of aliphatic hydroxyl groups is 1. The van der Waals surface area contributed by atoms with Gasteiger partial charge in [-0.2, -0.15) is 0 Å². The molecule has 2 unspecified atom stereocenters. The summed E-state index contributed by atoms with van der Waals surface area (Å²) < 4.78 is 21.5. The molecule has 5 nitrogen and oxygen atoms in total. The van der Waals surface area contributed by atoms with Crippen LogP contribution in [0.15, 0.2) is 0 Å². The van der Waals surface area contributed by atoms with Crippen molar-refractivity contribution in [3.8, 4) is 24.2 Å². The van der Waals surface area contributed by atoms with Crippen molar-refractivity contribution in [2.45, 2.75) is 63.9 Å². The Bertz CT molecular complexity index is 381. The van der Waals surface area contributed by atoms with Gasteiger partial charge in [-0.05, 0) is 38.5 Å². The maximum atomic E-state index is 8.38. The van der Waals surface area contributed by atoms with Gasteiger partial charge in [0.05, 0.1) is 13.2 Å². The molecule has 0 amide bonds. The lowest BCUT2D eigenvalue weighted by molar-refractivity contribution is -0.161. The van der Waals surface area contributed by atoms with E-state index in [0.717, 1.165) is 38.9 Å². The summed E-state index contributed by atoms with van der Waals surface area (Å²) in [4.78, 5) is 0. The first-order chi connectivity index (χ1) is 11.9. The van der Waals surface area contributed by atoms with Gasteiger partial charge in [-0.15, -0.1) is 12.3 Å². The van der Waals surface area contributed by atoms with E-state index in [1.807, 2.05) is 0 Å². The van der Waals surface area contributed by atoms with Gasteiger partial charge in [-0.25, -0.2) is 0 Å². The summed E-state index contributed by atoms with van der Waals surface area (Å²) in [6.45, 7) is 2.80. The van der Waals surface area contributed by atoms with Gasteiger partial charge < -0.3 is 24.1 Å². The van der Waals surface area contributed by atoms with Gasteiger partial charge in [-0.1, -0.05) is 11.8 Å². The average Bonchev–Trinajstić information content (AvgIpc) is 2.64. The Hall–Kier alpha value is -1.08. The van der Waals surface area contributed by atoms with Crippen LogP contribution in [0.1, 0.15) is 51.4 Å². The molecule has 5 heteroatoms. The topological polar surface area (TPSA) is 57.2 Å². The lowest BCUT2D eigenvalue weighted by Gasteiger charge is -2.22. The van der Waals surface area contributed by atoms with Gasteiger partial charge >= 0.3 is 0 Å². The second-order valence-electron chi connectivity index (χ2n) is 5.55. The van der Waals surface area contributed by atoms with Gasteiger partial charge in [0.1, 0.15) is 6.61 Å². The molecule has 0 aliphatic carbocycles. The van der Waals surface area contributed by atoms with E-state index in [2.05, 4.69) is 17.8 Å². The Labute approximate surface area is 146 Å². The first-order valence-electron chi connectivity index (χ1n) is 8.83. The van der Waals surface area contributed by atoms with Crippen molar-refractivity contribution in [1.29, 1.82) is 0 Å². The van der Waals surface area contributed by atoms with Crippen LogP contribution in [-0.2, 0) is 18.9 Å². The fourth-order valence-electron chi connectivity index (χ4n) is 2.32. The van der Waals surface area contributed by atoms with Crippen molar-refractivity contribution in [2.24, 2.45) is 0 Å². The van der Waals surface area contributed by atoms with Crippen molar-refractivity contribution in [1.82, 2.24) is 0 Å². The summed E-state index contributed by atoms with van der Waals surface area (Å²) in [5.74, 6) is 7.89. The summed E-state index contributed by atoms with van der Waals surface area (Å²) >= 11 is 0. The molecule has 0 bridgehead atoms. The molecule has 2 aliphatic rings. The van der Waals surface area contributed by atoms with Crippen LogP contribution in [-0.4, -0.2) is 50.7 Å². The van der Waals surface area contributed by atoms with E-state index in [1.54, 1.807) is 0 Å². The summed E-state index contributed by atoms with van der Waals surface area (Å²) in [5.41, 5.74) is 0. The predicted octanol–water partition coefficient (Wildman–Crippen LogP) is 2.47. The van der Waals surface area contributed by atoms with Crippen LogP contribution in [0.25, 0.3) is 0 Å². The van der Waals surface area contributed by atoms with Gasteiger partial charge in [0.15, 0.2) is 12.6 Å². The SMILES string of the molecule is C#CCCOC1CCCCO1.OCC#CCCOC1CCCCO1. The normalized spacial score (nSPS) is 23.2. The zero-order chi connectivity index (χ0) is 17.3. The summed E-state index contributed by atoms with van der Waals surface area (Å²) in [5, 5.41) is 8.38. The number of hydrogen-bond donors (Lipinski definition) is 1. The van der Waals surface area contributed by atoms with Crippen LogP contribution in [0.5, 0.6) is 0 Å². The van der Waals surface area contributed by atoms with Crippen LogP contribution in [0.3, 0.4) is 0 Å². The fraction of sp³-hybridized carbons (Fsp3) is 0.789. The van der Waals surface area contributed by atoms with Gasteiger partial charge in [-0.3, -0.25) is 0 Å². The highest BCUT2D eigenvalue weighted by Crippen LogP contribution is 2.14. The maximum absolute atomic E-state index is 8.38. The van der Waals surface area contributed by atoms with Crippen LogP contribution in [0, 0.1) is 24.2 Å². The van der Waals surface area contributed by atoms with E-state index < -0.39 is 0 Å². The van der Waals surface area contributed by atoms with E-state index in [9.17, 15) is 0 Å². The van der Waals surface area contributed by atoms with E-state index in [-0.39, 0.29) is 19.2 Å². The summed E-state index contributed by atoms with van der Waals surface area (Å²) in [6, 6.07) is 0. The van der Waals surface area contributed by atoms with Crippen molar-refractivity contribution in [3.05, 3.63) is 0 Å². The third kappa shape index (κ3) is 11.5. The first kappa shape index (κ1) is 21.0. The maximum Gasteiger partial charge on any atom is 0.157 e. The number of hydrogen-bond acceptors (Lipinski definition) is 5. The monoisotopic (exact) mass is 338 g/mol. The second-order valence-corrected chi connectivity index (χ2v) is 5.55. The molecule has 0 aromatic heterocycles. The largest absolute Gasteiger partial charge is 0.384 e. The second kappa shape index (κ2) is 15.4. The highest BCUT2D eigenvalue weighted by molar-refractivity contribution is 4.98. The van der Waals surface area contributed by atoms with Crippen LogP contribution in [0.4, 0.5) is 0 Å². The molecular weight excluding hydrogens is 308 g/mol. The molecule has 2 aliphatic heterocycles. The average molecular weight is 338 g/mol. The molecule has 1 N–H and O–H groups in total. The molecule has 0 aromatic rings. The molecular formula is C19H30O5. The molecule has 0 radical (unpaired) electrons. The smallest absolute Gasteiger partial charge is 0.157 e. The molecule has 2 rings (SSSR count). The molecule has 2 atom stereocenters. The summed E-state index contributed by atoms with van der Waals surface area (Å²) in [7, 11) is 0. The lowest BCUT2D eigenvalue weighted by Crippen LogP contribution is -2.22. The zero-order valence-electron chi connectivity index (χ0n) is 14.5. The Morgan fingerprint density at radius 1 is 0.875 bits per heavy atom. The van der Waals surface area contributed by atoms with Gasteiger partial charge in [0, 0.05) is 26.1 Å².